The first-order valence-electron chi connectivity index (χ1n) is 5.70. The second-order valence-corrected chi connectivity index (χ2v) is 5.08. The van der Waals surface area contributed by atoms with Gasteiger partial charge >= 0.3 is 5.97 Å². The Morgan fingerprint density at radius 3 is 2.50 bits per heavy atom. The highest BCUT2D eigenvalue weighted by molar-refractivity contribution is 9.10. The predicted molar refractivity (Wildman–Crippen MR) is 68.3 cm³/mol. The van der Waals surface area contributed by atoms with Gasteiger partial charge in [-0.3, -0.25) is 4.79 Å². The minimum absolute atomic E-state index is 0.133. The van der Waals surface area contributed by atoms with Crippen LogP contribution in [0.15, 0.2) is 16.6 Å². The van der Waals surface area contributed by atoms with E-state index in [9.17, 15) is 13.6 Å². The van der Waals surface area contributed by atoms with Crippen molar-refractivity contribution >= 4 is 21.9 Å². The second kappa shape index (κ2) is 6.27. The van der Waals surface area contributed by atoms with Crippen LogP contribution < -0.4 is 0 Å². The highest BCUT2D eigenvalue weighted by Crippen LogP contribution is 2.33. The molecule has 18 heavy (non-hydrogen) atoms. The van der Waals surface area contributed by atoms with Crippen LogP contribution in [-0.2, 0) is 9.53 Å². The molecule has 1 rings (SSSR count). The van der Waals surface area contributed by atoms with Crippen LogP contribution in [0.25, 0.3) is 0 Å². The van der Waals surface area contributed by atoms with Gasteiger partial charge in [0.1, 0.15) is 11.6 Å². The third kappa shape index (κ3) is 3.07. The van der Waals surface area contributed by atoms with Crippen LogP contribution in [-0.4, -0.2) is 12.6 Å². The average Bonchev–Trinajstić information content (AvgIpc) is 2.29. The van der Waals surface area contributed by atoms with Gasteiger partial charge in [-0.15, -0.1) is 0 Å². The summed E-state index contributed by atoms with van der Waals surface area (Å²) in [4.78, 5) is 11.8. The van der Waals surface area contributed by atoms with Gasteiger partial charge in [-0.1, -0.05) is 13.8 Å². The number of ether oxygens (including phenoxy) is 1. The molecule has 0 saturated carbocycles. The summed E-state index contributed by atoms with van der Waals surface area (Å²) in [5.74, 6) is -3.29. The quantitative estimate of drug-likeness (QED) is 0.618. The number of carbonyl (C=O) groups is 1. The SMILES string of the molecule is CCOC(=O)C(c1c(F)ccc(Br)c1F)C(C)C. The Balaban J connectivity index is 3.30. The maximum atomic E-state index is 14.0. The maximum absolute atomic E-state index is 14.0. The summed E-state index contributed by atoms with van der Waals surface area (Å²) in [5.41, 5.74) is -0.238. The highest BCUT2D eigenvalue weighted by atomic mass is 79.9. The lowest BCUT2D eigenvalue weighted by Crippen LogP contribution is -2.23. The van der Waals surface area contributed by atoms with Crippen molar-refractivity contribution in [2.24, 2.45) is 5.92 Å². The van der Waals surface area contributed by atoms with E-state index in [-0.39, 0.29) is 22.6 Å². The summed E-state index contributed by atoms with van der Waals surface area (Å²) < 4.78 is 32.8. The van der Waals surface area contributed by atoms with Gasteiger partial charge in [0, 0.05) is 5.56 Å². The van der Waals surface area contributed by atoms with Gasteiger partial charge in [0.2, 0.25) is 0 Å². The van der Waals surface area contributed by atoms with Crippen molar-refractivity contribution in [3.63, 3.8) is 0 Å². The van der Waals surface area contributed by atoms with E-state index in [1.807, 2.05) is 0 Å². The van der Waals surface area contributed by atoms with Gasteiger partial charge in [0.05, 0.1) is 17.0 Å². The minimum atomic E-state index is -0.942. The molecule has 5 heteroatoms. The van der Waals surface area contributed by atoms with Gasteiger partial charge in [0.25, 0.3) is 0 Å². The molecule has 0 spiro atoms. The number of esters is 1. The Labute approximate surface area is 113 Å². The summed E-state index contributed by atoms with van der Waals surface area (Å²) >= 11 is 2.99. The fourth-order valence-corrected chi connectivity index (χ4v) is 2.13. The van der Waals surface area contributed by atoms with Crippen molar-refractivity contribution in [2.75, 3.05) is 6.61 Å². The Morgan fingerprint density at radius 1 is 1.39 bits per heavy atom. The molecule has 0 aliphatic carbocycles. The van der Waals surface area contributed by atoms with Crippen LogP contribution in [0.5, 0.6) is 0 Å². The van der Waals surface area contributed by atoms with Crippen molar-refractivity contribution in [3.05, 3.63) is 33.8 Å². The molecule has 0 fully saturated rings. The number of rotatable bonds is 4. The van der Waals surface area contributed by atoms with Crippen molar-refractivity contribution in [3.8, 4) is 0 Å². The molecule has 0 saturated heterocycles. The van der Waals surface area contributed by atoms with Crippen LogP contribution >= 0.6 is 15.9 Å². The Morgan fingerprint density at radius 2 is 2.00 bits per heavy atom. The van der Waals surface area contributed by atoms with Crippen molar-refractivity contribution in [1.29, 1.82) is 0 Å². The molecule has 0 bridgehead atoms. The first-order chi connectivity index (χ1) is 8.40. The van der Waals surface area contributed by atoms with E-state index in [1.54, 1.807) is 20.8 Å². The first-order valence-corrected chi connectivity index (χ1v) is 6.49. The van der Waals surface area contributed by atoms with Crippen LogP contribution in [0.4, 0.5) is 8.78 Å². The number of carbonyl (C=O) groups excluding carboxylic acids is 1. The summed E-state index contributed by atoms with van der Waals surface area (Å²) in [6.45, 7) is 5.28. The highest BCUT2D eigenvalue weighted by Gasteiger charge is 2.31. The van der Waals surface area contributed by atoms with Crippen molar-refractivity contribution in [2.45, 2.75) is 26.7 Å². The number of benzene rings is 1. The zero-order valence-electron chi connectivity index (χ0n) is 10.5. The molecular weight excluding hydrogens is 306 g/mol. The summed E-state index contributed by atoms with van der Waals surface area (Å²) in [5, 5.41) is 0. The Kier molecular flexibility index (Phi) is 5.26. The minimum Gasteiger partial charge on any atom is -0.466 e. The monoisotopic (exact) mass is 320 g/mol. The van der Waals surface area contributed by atoms with Crippen LogP contribution in [0.3, 0.4) is 0 Å². The normalized spacial score (nSPS) is 12.6. The van der Waals surface area contributed by atoms with E-state index >= 15 is 0 Å². The van der Waals surface area contributed by atoms with Crippen LogP contribution in [0, 0.1) is 17.6 Å². The fraction of sp³-hybridized carbons (Fsp3) is 0.462. The number of hydrogen-bond donors (Lipinski definition) is 0. The molecule has 1 aromatic rings. The molecule has 0 aromatic heterocycles. The zero-order chi connectivity index (χ0) is 13.9. The average molecular weight is 321 g/mol. The molecule has 0 N–H and O–H groups in total. The molecule has 0 aliphatic rings. The van der Waals surface area contributed by atoms with E-state index in [4.69, 9.17) is 4.74 Å². The number of halogens is 3. The lowest BCUT2D eigenvalue weighted by atomic mass is 9.88. The Bertz CT molecular complexity index is 447. The Hall–Kier alpha value is -0.970. The van der Waals surface area contributed by atoms with E-state index in [2.05, 4.69) is 15.9 Å². The molecule has 0 aliphatic heterocycles. The molecular formula is C13H15BrF2O2. The predicted octanol–water partition coefficient (Wildman–Crippen LogP) is 4.03. The third-order valence-corrected chi connectivity index (χ3v) is 3.21. The van der Waals surface area contributed by atoms with E-state index in [0.29, 0.717) is 0 Å². The molecule has 0 amide bonds. The second-order valence-electron chi connectivity index (χ2n) is 4.23. The number of hydrogen-bond acceptors (Lipinski definition) is 2. The van der Waals surface area contributed by atoms with E-state index in [0.717, 1.165) is 6.07 Å². The zero-order valence-corrected chi connectivity index (χ0v) is 12.1. The lowest BCUT2D eigenvalue weighted by Gasteiger charge is -2.21. The molecule has 0 radical (unpaired) electrons. The largest absolute Gasteiger partial charge is 0.466 e. The van der Waals surface area contributed by atoms with Gasteiger partial charge in [-0.2, -0.15) is 0 Å². The lowest BCUT2D eigenvalue weighted by molar-refractivity contribution is -0.146. The first kappa shape index (κ1) is 15.1. The van der Waals surface area contributed by atoms with Gasteiger partial charge < -0.3 is 4.74 Å². The van der Waals surface area contributed by atoms with Gasteiger partial charge in [-0.25, -0.2) is 8.78 Å². The molecule has 0 heterocycles. The topological polar surface area (TPSA) is 26.3 Å². The summed E-state index contributed by atoms with van der Waals surface area (Å²) in [7, 11) is 0. The molecule has 1 aromatic carbocycles. The van der Waals surface area contributed by atoms with E-state index in [1.165, 1.54) is 6.07 Å². The van der Waals surface area contributed by atoms with Crippen LogP contribution in [0.1, 0.15) is 32.3 Å². The van der Waals surface area contributed by atoms with Crippen molar-refractivity contribution < 1.29 is 18.3 Å². The van der Waals surface area contributed by atoms with Gasteiger partial charge in [0.15, 0.2) is 0 Å². The third-order valence-electron chi connectivity index (χ3n) is 2.60. The fourth-order valence-electron chi connectivity index (χ4n) is 1.78. The molecule has 100 valence electrons. The smallest absolute Gasteiger partial charge is 0.313 e. The standard InChI is InChI=1S/C13H15BrF2O2/c1-4-18-13(17)10(7(2)3)11-9(15)6-5-8(14)12(11)16/h5-7,10H,4H2,1-3H3. The maximum Gasteiger partial charge on any atom is 0.313 e. The van der Waals surface area contributed by atoms with Crippen LogP contribution in [0.2, 0.25) is 0 Å². The summed E-state index contributed by atoms with van der Waals surface area (Å²) in [6.07, 6.45) is 0. The van der Waals surface area contributed by atoms with Crippen molar-refractivity contribution in [1.82, 2.24) is 0 Å². The van der Waals surface area contributed by atoms with E-state index < -0.39 is 23.5 Å². The molecule has 2 nitrogen and oxygen atoms in total. The van der Waals surface area contributed by atoms with Gasteiger partial charge in [-0.05, 0) is 40.9 Å². The summed E-state index contributed by atoms with van der Waals surface area (Å²) in [6, 6.07) is 2.41. The molecule has 1 atom stereocenters. The molecule has 1 unspecified atom stereocenters.